The van der Waals surface area contributed by atoms with Gasteiger partial charge in [0, 0.05) is 17.2 Å². The summed E-state index contributed by atoms with van der Waals surface area (Å²) in [5.41, 5.74) is 5.05. The number of aromatic nitrogens is 2. The Balaban J connectivity index is 2.37. The molecule has 1 unspecified atom stereocenters. The Hall–Kier alpha value is -1.57. The normalized spacial score (nSPS) is 18.4. The lowest BCUT2D eigenvalue weighted by atomic mass is 10.0. The van der Waals surface area contributed by atoms with Crippen LogP contribution in [0.4, 0.5) is 0 Å². The zero-order valence-electron chi connectivity index (χ0n) is 7.41. The van der Waals surface area contributed by atoms with Crippen LogP contribution < -0.4 is 0 Å². The number of imidazole rings is 1. The summed E-state index contributed by atoms with van der Waals surface area (Å²) < 4.78 is 0. The highest BCUT2D eigenvalue weighted by atomic mass is 14.9. The highest BCUT2D eigenvalue weighted by molar-refractivity contribution is 5.73. The minimum Gasteiger partial charge on any atom is -0.347 e. The number of fused-ring (bicyclic) bond motifs is 3. The van der Waals surface area contributed by atoms with E-state index in [4.69, 9.17) is 0 Å². The van der Waals surface area contributed by atoms with Gasteiger partial charge in [-0.1, -0.05) is 31.2 Å². The van der Waals surface area contributed by atoms with E-state index in [1.165, 1.54) is 16.8 Å². The standard InChI is InChI=1S/C11H10N2/c1-7-8-4-2-3-5-9(8)11-10(7)12-6-13-11/h2-7H,1H3,(H,12,13). The van der Waals surface area contributed by atoms with Gasteiger partial charge in [-0.3, -0.25) is 0 Å². The molecule has 1 aromatic carbocycles. The molecule has 1 heterocycles. The predicted molar refractivity (Wildman–Crippen MR) is 51.5 cm³/mol. The van der Waals surface area contributed by atoms with E-state index in [1.807, 2.05) is 0 Å². The van der Waals surface area contributed by atoms with Gasteiger partial charge in [0.1, 0.15) is 0 Å². The van der Waals surface area contributed by atoms with Crippen LogP contribution in [0.1, 0.15) is 24.1 Å². The van der Waals surface area contributed by atoms with Crippen LogP contribution in [0.15, 0.2) is 30.6 Å². The monoisotopic (exact) mass is 170 g/mol. The maximum atomic E-state index is 4.33. The molecule has 0 amide bonds. The Morgan fingerprint density at radius 2 is 2.15 bits per heavy atom. The first-order chi connectivity index (χ1) is 6.38. The number of nitrogens with zero attached hydrogens (tertiary/aromatic N) is 1. The fraction of sp³-hybridized carbons (Fsp3) is 0.182. The summed E-state index contributed by atoms with van der Waals surface area (Å²) >= 11 is 0. The Morgan fingerprint density at radius 1 is 1.31 bits per heavy atom. The summed E-state index contributed by atoms with van der Waals surface area (Å²) in [5.74, 6) is 0.466. The van der Waals surface area contributed by atoms with E-state index in [1.54, 1.807) is 6.33 Å². The Kier molecular flexibility index (Phi) is 1.18. The minimum absolute atomic E-state index is 0.466. The predicted octanol–water partition coefficient (Wildman–Crippen LogP) is 2.54. The second kappa shape index (κ2) is 2.22. The summed E-state index contributed by atoms with van der Waals surface area (Å²) in [6.07, 6.45) is 1.77. The topological polar surface area (TPSA) is 28.7 Å². The molecule has 13 heavy (non-hydrogen) atoms. The van der Waals surface area contributed by atoms with Crippen LogP contribution in [0.25, 0.3) is 11.3 Å². The van der Waals surface area contributed by atoms with Gasteiger partial charge >= 0.3 is 0 Å². The van der Waals surface area contributed by atoms with Crippen molar-refractivity contribution in [3.63, 3.8) is 0 Å². The van der Waals surface area contributed by atoms with Crippen LogP contribution in [0.3, 0.4) is 0 Å². The van der Waals surface area contributed by atoms with Gasteiger partial charge in [0.15, 0.2) is 0 Å². The SMILES string of the molecule is CC1c2ccccc2-c2nc[nH]c21. The van der Waals surface area contributed by atoms with Gasteiger partial charge in [-0.05, 0) is 5.56 Å². The van der Waals surface area contributed by atoms with E-state index in [2.05, 4.69) is 41.2 Å². The second-order valence-electron chi connectivity index (χ2n) is 3.47. The third-order valence-corrected chi connectivity index (χ3v) is 2.78. The quantitative estimate of drug-likeness (QED) is 0.646. The third-order valence-electron chi connectivity index (χ3n) is 2.78. The molecule has 2 nitrogen and oxygen atoms in total. The molecule has 0 saturated heterocycles. The summed E-state index contributed by atoms with van der Waals surface area (Å²) in [4.78, 5) is 7.54. The first-order valence-corrected chi connectivity index (χ1v) is 4.50. The number of nitrogens with one attached hydrogen (secondary N) is 1. The summed E-state index contributed by atoms with van der Waals surface area (Å²) in [6, 6.07) is 8.46. The molecule has 0 saturated carbocycles. The van der Waals surface area contributed by atoms with E-state index in [0.29, 0.717) is 5.92 Å². The summed E-state index contributed by atoms with van der Waals surface area (Å²) in [6.45, 7) is 2.21. The van der Waals surface area contributed by atoms with Gasteiger partial charge < -0.3 is 4.98 Å². The van der Waals surface area contributed by atoms with Crippen LogP contribution in [0, 0.1) is 0 Å². The number of aromatic amines is 1. The zero-order chi connectivity index (χ0) is 8.84. The smallest absolute Gasteiger partial charge is 0.0929 e. The van der Waals surface area contributed by atoms with Crippen molar-refractivity contribution >= 4 is 0 Å². The Bertz CT molecular complexity index is 457. The van der Waals surface area contributed by atoms with E-state index in [0.717, 1.165) is 5.69 Å². The first kappa shape index (κ1) is 6.89. The minimum atomic E-state index is 0.466. The molecule has 0 bridgehead atoms. The van der Waals surface area contributed by atoms with Crippen LogP contribution in [-0.2, 0) is 0 Å². The van der Waals surface area contributed by atoms with E-state index in [9.17, 15) is 0 Å². The second-order valence-corrected chi connectivity index (χ2v) is 3.47. The Morgan fingerprint density at radius 3 is 3.08 bits per heavy atom. The van der Waals surface area contributed by atoms with Gasteiger partial charge in [0.2, 0.25) is 0 Å². The molecular weight excluding hydrogens is 160 g/mol. The van der Waals surface area contributed by atoms with E-state index in [-0.39, 0.29) is 0 Å². The molecule has 0 aliphatic heterocycles. The molecule has 1 aromatic heterocycles. The van der Waals surface area contributed by atoms with Crippen LogP contribution in [-0.4, -0.2) is 9.97 Å². The van der Waals surface area contributed by atoms with Gasteiger partial charge in [-0.25, -0.2) is 4.98 Å². The molecule has 0 fully saturated rings. The van der Waals surface area contributed by atoms with Crippen LogP contribution in [0.2, 0.25) is 0 Å². The van der Waals surface area contributed by atoms with Crippen molar-refractivity contribution in [3.8, 4) is 11.3 Å². The van der Waals surface area contributed by atoms with Crippen molar-refractivity contribution in [1.82, 2.24) is 9.97 Å². The van der Waals surface area contributed by atoms with Crippen LogP contribution >= 0.6 is 0 Å². The van der Waals surface area contributed by atoms with Gasteiger partial charge in [-0.15, -0.1) is 0 Å². The fourth-order valence-electron chi connectivity index (χ4n) is 2.09. The average Bonchev–Trinajstić information content (AvgIpc) is 2.72. The molecular formula is C11H10N2. The lowest BCUT2D eigenvalue weighted by molar-refractivity contribution is 0.913. The number of rotatable bonds is 0. The highest BCUT2D eigenvalue weighted by Crippen LogP contribution is 2.41. The molecule has 1 atom stereocenters. The Labute approximate surface area is 76.6 Å². The van der Waals surface area contributed by atoms with Gasteiger partial charge in [0.25, 0.3) is 0 Å². The van der Waals surface area contributed by atoms with Gasteiger partial charge in [-0.2, -0.15) is 0 Å². The largest absolute Gasteiger partial charge is 0.347 e. The van der Waals surface area contributed by atoms with Crippen molar-refractivity contribution in [3.05, 3.63) is 41.9 Å². The molecule has 0 spiro atoms. The lowest BCUT2D eigenvalue weighted by Crippen LogP contribution is -1.89. The molecule has 1 aliphatic carbocycles. The fourth-order valence-corrected chi connectivity index (χ4v) is 2.09. The highest BCUT2D eigenvalue weighted by Gasteiger charge is 2.26. The summed E-state index contributed by atoms with van der Waals surface area (Å²) in [7, 11) is 0. The third kappa shape index (κ3) is 0.750. The first-order valence-electron chi connectivity index (χ1n) is 4.50. The molecule has 64 valence electrons. The molecule has 2 heteroatoms. The van der Waals surface area contributed by atoms with Crippen LogP contribution in [0.5, 0.6) is 0 Å². The van der Waals surface area contributed by atoms with E-state index < -0.39 is 0 Å². The number of benzene rings is 1. The lowest BCUT2D eigenvalue weighted by Gasteiger charge is -2.03. The maximum absolute atomic E-state index is 4.33. The molecule has 0 radical (unpaired) electrons. The number of H-pyrrole nitrogens is 1. The molecule has 1 aliphatic rings. The van der Waals surface area contributed by atoms with Crippen molar-refractivity contribution in [2.24, 2.45) is 0 Å². The van der Waals surface area contributed by atoms with Crippen molar-refractivity contribution in [2.45, 2.75) is 12.8 Å². The molecule has 3 rings (SSSR count). The maximum Gasteiger partial charge on any atom is 0.0929 e. The molecule has 1 N–H and O–H groups in total. The number of hydrogen-bond acceptors (Lipinski definition) is 1. The van der Waals surface area contributed by atoms with Crippen molar-refractivity contribution < 1.29 is 0 Å². The van der Waals surface area contributed by atoms with E-state index >= 15 is 0 Å². The average molecular weight is 170 g/mol. The van der Waals surface area contributed by atoms with Crippen molar-refractivity contribution in [2.75, 3.05) is 0 Å². The number of hydrogen-bond donors (Lipinski definition) is 1. The zero-order valence-corrected chi connectivity index (χ0v) is 7.41. The van der Waals surface area contributed by atoms with Crippen molar-refractivity contribution in [1.29, 1.82) is 0 Å². The summed E-state index contributed by atoms with van der Waals surface area (Å²) in [5, 5.41) is 0. The molecule has 2 aromatic rings. The van der Waals surface area contributed by atoms with Gasteiger partial charge in [0.05, 0.1) is 12.0 Å².